The Balaban J connectivity index is 1.58. The first kappa shape index (κ1) is 19.4. The van der Waals surface area contributed by atoms with Crippen LogP contribution in [0.25, 0.3) is 5.57 Å². The van der Waals surface area contributed by atoms with E-state index in [1.165, 1.54) is 16.0 Å². The van der Waals surface area contributed by atoms with Crippen molar-refractivity contribution in [3.05, 3.63) is 76.5 Å². The number of benzene rings is 2. The van der Waals surface area contributed by atoms with E-state index in [0.29, 0.717) is 17.2 Å². The summed E-state index contributed by atoms with van der Waals surface area (Å²) in [6.45, 7) is 5.72. The first-order valence-corrected chi connectivity index (χ1v) is 10.4. The van der Waals surface area contributed by atoms with E-state index in [2.05, 4.69) is 36.1 Å². The Morgan fingerprint density at radius 1 is 0.897 bits per heavy atom. The molecule has 4 rings (SSSR count). The Morgan fingerprint density at radius 3 is 2.24 bits per heavy atom. The van der Waals surface area contributed by atoms with E-state index >= 15 is 0 Å². The lowest BCUT2D eigenvalue weighted by Crippen LogP contribution is -2.38. The second-order valence-electron chi connectivity index (χ2n) is 8.31. The molecule has 0 unspecified atom stereocenters. The van der Waals surface area contributed by atoms with Crippen molar-refractivity contribution in [3.8, 4) is 0 Å². The lowest BCUT2D eigenvalue weighted by molar-refractivity contribution is -0.136. The summed E-state index contributed by atoms with van der Waals surface area (Å²) in [5, 5.41) is 0. The maximum atomic E-state index is 12.9. The van der Waals surface area contributed by atoms with Crippen molar-refractivity contribution in [2.45, 2.75) is 33.1 Å². The predicted octanol–water partition coefficient (Wildman–Crippen LogP) is 3.97. The molecule has 150 valence electrons. The lowest BCUT2D eigenvalue weighted by atomic mass is 9.89. The molecule has 0 aromatic heterocycles. The number of rotatable bonds is 4. The van der Waals surface area contributed by atoms with Crippen molar-refractivity contribution in [1.82, 2.24) is 9.80 Å². The van der Waals surface area contributed by atoms with Gasteiger partial charge in [0.25, 0.3) is 11.8 Å². The number of imide groups is 1. The zero-order valence-corrected chi connectivity index (χ0v) is 17.4. The molecule has 0 saturated carbocycles. The Morgan fingerprint density at radius 2 is 1.59 bits per heavy atom. The van der Waals surface area contributed by atoms with Gasteiger partial charge in [-0.2, -0.15) is 0 Å². The number of hydrogen-bond acceptors (Lipinski definition) is 3. The molecule has 0 N–H and O–H groups in total. The van der Waals surface area contributed by atoms with Crippen LogP contribution in [0.4, 0.5) is 0 Å². The molecular weight excluding hydrogens is 360 g/mol. The number of amides is 2. The molecule has 0 bridgehead atoms. The molecule has 4 nitrogen and oxygen atoms in total. The zero-order valence-electron chi connectivity index (χ0n) is 17.4. The number of hydrogen-bond donors (Lipinski definition) is 0. The fourth-order valence-corrected chi connectivity index (χ4v) is 4.39. The van der Waals surface area contributed by atoms with Crippen LogP contribution in [0.2, 0.25) is 0 Å². The number of carbonyl (C=O) groups excluding carboxylic acids is 2. The van der Waals surface area contributed by atoms with Crippen molar-refractivity contribution < 1.29 is 9.59 Å². The van der Waals surface area contributed by atoms with Crippen LogP contribution in [-0.2, 0) is 16.0 Å². The Hall–Kier alpha value is -2.88. The molecule has 0 spiro atoms. The van der Waals surface area contributed by atoms with Crippen molar-refractivity contribution in [3.63, 3.8) is 0 Å². The molecule has 0 atom stereocenters. The van der Waals surface area contributed by atoms with E-state index in [9.17, 15) is 9.59 Å². The Bertz CT molecular complexity index is 970. The summed E-state index contributed by atoms with van der Waals surface area (Å²) in [5.74, 6) is 0.244. The van der Waals surface area contributed by atoms with Gasteiger partial charge in [0.15, 0.2) is 0 Å². The van der Waals surface area contributed by atoms with Gasteiger partial charge in [0.1, 0.15) is 5.70 Å². The van der Waals surface area contributed by atoms with Crippen LogP contribution in [0.3, 0.4) is 0 Å². The zero-order chi connectivity index (χ0) is 20.5. The summed E-state index contributed by atoms with van der Waals surface area (Å²) in [7, 11) is 1.58. The summed E-state index contributed by atoms with van der Waals surface area (Å²) < 4.78 is 0. The van der Waals surface area contributed by atoms with Crippen LogP contribution in [-0.4, -0.2) is 41.8 Å². The van der Waals surface area contributed by atoms with E-state index in [1.807, 2.05) is 31.2 Å². The van der Waals surface area contributed by atoms with Crippen LogP contribution in [0, 0.1) is 19.8 Å². The smallest absolute Gasteiger partial charge is 0.277 e. The molecule has 0 radical (unpaired) electrons. The Labute approximate surface area is 172 Å². The highest BCUT2D eigenvalue weighted by Gasteiger charge is 2.40. The second-order valence-corrected chi connectivity index (χ2v) is 8.31. The summed E-state index contributed by atoms with van der Waals surface area (Å²) in [6.07, 6.45) is 3.14. The van der Waals surface area contributed by atoms with Gasteiger partial charge >= 0.3 is 0 Å². The Kier molecular flexibility index (Phi) is 5.27. The fraction of sp³-hybridized carbons (Fsp3) is 0.360. The molecule has 2 aliphatic heterocycles. The molecule has 2 aliphatic rings. The number of piperidine rings is 1. The van der Waals surface area contributed by atoms with Gasteiger partial charge in [-0.3, -0.25) is 14.5 Å². The third-order valence-corrected chi connectivity index (χ3v) is 6.36. The van der Waals surface area contributed by atoms with Crippen LogP contribution in [0.1, 0.15) is 35.1 Å². The average molecular weight is 389 g/mol. The SMILES string of the molecule is Cc1ccc(C2=C(N3CCC(Cc4ccccc4)CC3)C(=O)N(C)C2=O)cc1C. The van der Waals surface area contributed by atoms with Gasteiger partial charge in [-0.15, -0.1) is 0 Å². The summed E-state index contributed by atoms with van der Waals surface area (Å²) in [5.41, 5.74) is 5.67. The van der Waals surface area contributed by atoms with Crippen molar-refractivity contribution in [2.24, 2.45) is 5.92 Å². The standard InChI is InChI=1S/C25H28N2O2/c1-17-9-10-21(15-18(17)2)22-23(25(29)26(3)24(22)28)27-13-11-20(12-14-27)16-19-7-5-4-6-8-19/h4-10,15,20H,11-14,16H2,1-3H3. The first-order valence-electron chi connectivity index (χ1n) is 10.4. The molecule has 0 aliphatic carbocycles. The molecule has 2 aromatic rings. The van der Waals surface area contributed by atoms with Crippen molar-refractivity contribution in [2.75, 3.05) is 20.1 Å². The maximum absolute atomic E-state index is 12.9. The molecule has 29 heavy (non-hydrogen) atoms. The highest BCUT2D eigenvalue weighted by molar-refractivity contribution is 6.35. The van der Waals surface area contributed by atoms with Crippen LogP contribution >= 0.6 is 0 Å². The van der Waals surface area contributed by atoms with E-state index < -0.39 is 0 Å². The van der Waals surface area contributed by atoms with Crippen LogP contribution < -0.4 is 0 Å². The molecule has 2 aromatic carbocycles. The normalized spacial score (nSPS) is 18.2. The number of nitrogens with zero attached hydrogens (tertiary/aromatic N) is 2. The molecule has 1 fully saturated rings. The minimum absolute atomic E-state index is 0.176. The highest BCUT2D eigenvalue weighted by Crippen LogP contribution is 2.34. The second kappa shape index (κ2) is 7.86. The first-order chi connectivity index (χ1) is 14.0. The molecular formula is C25H28N2O2. The summed E-state index contributed by atoms with van der Waals surface area (Å²) >= 11 is 0. The van der Waals surface area contributed by atoms with Gasteiger partial charge in [-0.1, -0.05) is 48.5 Å². The fourth-order valence-electron chi connectivity index (χ4n) is 4.39. The summed E-state index contributed by atoms with van der Waals surface area (Å²) in [4.78, 5) is 29.2. The van der Waals surface area contributed by atoms with Gasteiger partial charge in [0, 0.05) is 20.1 Å². The highest BCUT2D eigenvalue weighted by atomic mass is 16.2. The third kappa shape index (κ3) is 3.71. The van der Waals surface area contributed by atoms with E-state index in [-0.39, 0.29) is 11.8 Å². The van der Waals surface area contributed by atoms with Gasteiger partial charge in [-0.25, -0.2) is 0 Å². The number of likely N-dealkylation sites (tertiary alicyclic amines) is 1. The van der Waals surface area contributed by atoms with E-state index in [1.54, 1.807) is 7.05 Å². The van der Waals surface area contributed by atoms with Gasteiger partial charge < -0.3 is 4.90 Å². The number of carbonyl (C=O) groups is 2. The van der Waals surface area contributed by atoms with Gasteiger partial charge in [-0.05, 0) is 61.3 Å². The van der Waals surface area contributed by atoms with Crippen molar-refractivity contribution in [1.29, 1.82) is 0 Å². The minimum Gasteiger partial charge on any atom is -0.366 e. The molecule has 2 amide bonds. The number of aryl methyl sites for hydroxylation is 2. The van der Waals surface area contributed by atoms with E-state index in [0.717, 1.165) is 43.5 Å². The van der Waals surface area contributed by atoms with Gasteiger partial charge in [0.05, 0.1) is 5.57 Å². The average Bonchev–Trinajstić information content (AvgIpc) is 2.95. The topological polar surface area (TPSA) is 40.6 Å². The van der Waals surface area contributed by atoms with E-state index in [4.69, 9.17) is 0 Å². The molecule has 1 saturated heterocycles. The van der Waals surface area contributed by atoms with Crippen molar-refractivity contribution >= 4 is 17.4 Å². The van der Waals surface area contributed by atoms with Crippen LogP contribution in [0.15, 0.2) is 54.2 Å². The largest absolute Gasteiger partial charge is 0.366 e. The van der Waals surface area contributed by atoms with Gasteiger partial charge in [0.2, 0.25) is 0 Å². The molecule has 4 heteroatoms. The summed E-state index contributed by atoms with van der Waals surface area (Å²) in [6, 6.07) is 16.6. The minimum atomic E-state index is -0.195. The maximum Gasteiger partial charge on any atom is 0.277 e. The quantitative estimate of drug-likeness (QED) is 0.744. The predicted molar refractivity (Wildman–Crippen MR) is 115 cm³/mol. The lowest BCUT2D eigenvalue weighted by Gasteiger charge is -2.34. The number of likely N-dealkylation sites (N-methyl/N-ethyl adjacent to an activating group) is 1. The molecule has 2 heterocycles. The van der Waals surface area contributed by atoms with Crippen LogP contribution in [0.5, 0.6) is 0 Å². The third-order valence-electron chi connectivity index (χ3n) is 6.36. The monoisotopic (exact) mass is 388 g/mol.